The topological polar surface area (TPSA) is 94.3 Å². The molecule has 0 radical (unpaired) electrons. The summed E-state index contributed by atoms with van der Waals surface area (Å²) in [6, 6.07) is 1.33. The number of carbonyl (C=O) groups excluding carboxylic acids is 2. The van der Waals surface area contributed by atoms with Gasteiger partial charge in [-0.1, -0.05) is 30.9 Å². The molecule has 250 valence electrons. The molecule has 0 aliphatic carbocycles. The maximum atomic E-state index is 13.5. The lowest BCUT2D eigenvalue weighted by Gasteiger charge is -2.50. The summed E-state index contributed by atoms with van der Waals surface area (Å²) in [6.45, 7) is 8.81. The van der Waals surface area contributed by atoms with E-state index >= 15 is 0 Å². The Bertz CT molecular complexity index is 1230. The highest BCUT2D eigenvalue weighted by Gasteiger charge is 2.45. The first-order chi connectivity index (χ1) is 21.1. The van der Waals surface area contributed by atoms with Gasteiger partial charge in [0.05, 0.1) is 55.7 Å². The van der Waals surface area contributed by atoms with Crippen molar-refractivity contribution in [1.29, 1.82) is 0 Å². The number of alkyl halides is 6. The number of primary amides is 1. The normalized spacial score (nSPS) is 22.6. The van der Waals surface area contributed by atoms with E-state index in [0.29, 0.717) is 56.9 Å². The third-order valence-electron chi connectivity index (χ3n) is 7.96. The zero-order valence-electron chi connectivity index (χ0n) is 25.3. The summed E-state index contributed by atoms with van der Waals surface area (Å²) in [4.78, 5) is 28.0. The van der Waals surface area contributed by atoms with Gasteiger partial charge in [0.2, 0.25) is 5.91 Å². The van der Waals surface area contributed by atoms with Gasteiger partial charge in [-0.3, -0.25) is 9.69 Å². The van der Waals surface area contributed by atoms with Crippen molar-refractivity contribution in [2.24, 2.45) is 11.7 Å². The van der Waals surface area contributed by atoms with Crippen molar-refractivity contribution in [2.45, 2.75) is 50.7 Å². The Hall–Kier alpha value is -3.36. The lowest BCUT2D eigenvalue weighted by atomic mass is 9.77. The van der Waals surface area contributed by atoms with E-state index in [1.54, 1.807) is 41.0 Å². The molecule has 2 amide bonds. The number of likely N-dealkylation sites (tertiary alicyclic amines) is 1. The summed E-state index contributed by atoms with van der Waals surface area (Å²) < 4.78 is 97.8. The van der Waals surface area contributed by atoms with Crippen molar-refractivity contribution in [2.75, 3.05) is 52.6 Å². The largest absolute Gasteiger partial charge is 0.449 e. The van der Waals surface area contributed by atoms with E-state index in [9.17, 15) is 35.9 Å². The molecule has 3 rings (SSSR count). The summed E-state index contributed by atoms with van der Waals surface area (Å²) in [7, 11) is 0. The van der Waals surface area contributed by atoms with Gasteiger partial charge in [-0.25, -0.2) is 4.79 Å². The average molecular weight is 648 g/mol. The number of benzene rings is 1. The predicted molar refractivity (Wildman–Crippen MR) is 154 cm³/mol. The molecule has 2 N–H and O–H groups in total. The van der Waals surface area contributed by atoms with Crippen molar-refractivity contribution in [3.63, 3.8) is 0 Å². The van der Waals surface area contributed by atoms with Crippen LogP contribution < -0.4 is 5.73 Å². The van der Waals surface area contributed by atoms with E-state index in [4.69, 9.17) is 19.9 Å². The fourth-order valence-corrected chi connectivity index (χ4v) is 5.38. The third kappa shape index (κ3) is 9.81. The van der Waals surface area contributed by atoms with E-state index in [-0.39, 0.29) is 43.9 Å². The van der Waals surface area contributed by atoms with Gasteiger partial charge in [-0.05, 0) is 56.0 Å². The second-order valence-electron chi connectivity index (χ2n) is 11.2. The van der Waals surface area contributed by atoms with E-state index in [1.807, 2.05) is 0 Å². The Morgan fingerprint density at radius 2 is 1.73 bits per heavy atom. The predicted octanol–water partition coefficient (Wildman–Crippen LogP) is 5.90. The van der Waals surface area contributed by atoms with Gasteiger partial charge < -0.3 is 24.8 Å². The van der Waals surface area contributed by atoms with Crippen LogP contribution in [-0.2, 0) is 31.4 Å². The molecule has 1 aromatic carbocycles. The van der Waals surface area contributed by atoms with Crippen molar-refractivity contribution in [1.82, 2.24) is 9.80 Å². The molecule has 2 saturated heterocycles. The van der Waals surface area contributed by atoms with Crippen LogP contribution in [0.25, 0.3) is 0 Å². The molecule has 2 fully saturated rings. The molecule has 0 spiro atoms. The fraction of sp³-hybridized carbons (Fsp3) is 0.548. The first-order valence-electron chi connectivity index (χ1n) is 14.5. The van der Waals surface area contributed by atoms with Crippen LogP contribution >= 0.6 is 0 Å². The highest BCUT2D eigenvalue weighted by molar-refractivity contribution is 5.76. The van der Waals surface area contributed by atoms with Crippen LogP contribution in [0, 0.1) is 5.92 Å². The quantitative estimate of drug-likeness (QED) is 0.238. The second kappa shape index (κ2) is 15.3. The Labute approximate surface area is 258 Å². The lowest BCUT2D eigenvalue weighted by Crippen LogP contribution is -2.60. The van der Waals surface area contributed by atoms with Gasteiger partial charge in [0, 0.05) is 25.6 Å². The van der Waals surface area contributed by atoms with Crippen LogP contribution in [0.4, 0.5) is 31.1 Å². The van der Waals surface area contributed by atoms with Crippen LogP contribution in [0.5, 0.6) is 0 Å². The molecule has 2 aliphatic heterocycles. The number of allylic oxidation sites excluding steroid dienone is 3. The van der Waals surface area contributed by atoms with E-state index in [1.165, 1.54) is 6.92 Å². The number of halogens is 6. The Kier molecular flexibility index (Phi) is 12.3. The molecular formula is C31H39F6N3O5. The number of piperidine rings is 1. The van der Waals surface area contributed by atoms with Crippen molar-refractivity contribution >= 4 is 12.0 Å². The van der Waals surface area contributed by atoms with Crippen LogP contribution in [-0.4, -0.2) is 79.9 Å². The molecule has 2 heterocycles. The second-order valence-corrected chi connectivity index (χ2v) is 11.2. The number of hydrogen-bond acceptors (Lipinski definition) is 6. The minimum Gasteiger partial charge on any atom is -0.449 e. The van der Waals surface area contributed by atoms with Crippen LogP contribution in [0.3, 0.4) is 0 Å². The minimum atomic E-state index is -5.01. The molecule has 8 nitrogen and oxygen atoms in total. The minimum absolute atomic E-state index is 0.0597. The molecule has 0 bridgehead atoms. The van der Waals surface area contributed by atoms with Gasteiger partial charge in [0.25, 0.3) is 0 Å². The number of carbonyl (C=O) groups is 2. The fourth-order valence-electron chi connectivity index (χ4n) is 5.38. The molecule has 2 aliphatic rings. The van der Waals surface area contributed by atoms with Gasteiger partial charge >= 0.3 is 18.4 Å². The first kappa shape index (κ1) is 36.1. The molecule has 0 aromatic heterocycles. The van der Waals surface area contributed by atoms with Crippen LogP contribution in [0.15, 0.2) is 54.7 Å². The Balaban J connectivity index is 1.87. The van der Waals surface area contributed by atoms with Gasteiger partial charge in [0.15, 0.2) is 0 Å². The number of rotatable bonds is 11. The van der Waals surface area contributed by atoms with Crippen LogP contribution in [0.2, 0.25) is 0 Å². The number of amides is 2. The standard InChI is InChI=1S/C31H39F6N3O5/c1-4-5-6-7-21(2)29(20-45-22(3)24-14-25(30(32,33)34)16-26(15-24)31(35,36)37)9-8-23(17-40(29)18-27(38)41)19-44-28(42)39-10-12-43-13-11-39/h4-7,14-16,22-23H,2,8-13,17-20H2,1,3H3,(H2,38,41)/b5-4-,7-6-/t22-,23+,29-/m1/s1. The number of hydrogen-bond donors (Lipinski definition) is 1. The molecule has 0 saturated carbocycles. The smallest absolute Gasteiger partial charge is 0.416 e. The summed E-state index contributed by atoms with van der Waals surface area (Å²) in [5, 5.41) is 0. The monoisotopic (exact) mass is 647 g/mol. The summed E-state index contributed by atoms with van der Waals surface area (Å²) in [5.41, 5.74) is 1.79. The summed E-state index contributed by atoms with van der Waals surface area (Å²) in [5.74, 6) is -0.874. The Morgan fingerprint density at radius 1 is 1.11 bits per heavy atom. The molecule has 0 unspecified atom stereocenters. The highest BCUT2D eigenvalue weighted by Crippen LogP contribution is 2.41. The number of morpholine rings is 1. The van der Waals surface area contributed by atoms with Crippen LogP contribution in [0.1, 0.15) is 49.5 Å². The van der Waals surface area contributed by atoms with E-state index in [0.717, 1.165) is 0 Å². The zero-order chi connectivity index (χ0) is 33.4. The Morgan fingerprint density at radius 3 is 2.29 bits per heavy atom. The maximum absolute atomic E-state index is 13.5. The van der Waals surface area contributed by atoms with Gasteiger partial charge in [-0.15, -0.1) is 0 Å². The highest BCUT2D eigenvalue weighted by atomic mass is 19.4. The van der Waals surface area contributed by atoms with E-state index < -0.39 is 47.1 Å². The van der Waals surface area contributed by atoms with Crippen molar-refractivity contribution in [3.05, 3.63) is 71.3 Å². The molecule has 14 heteroatoms. The molecule has 1 aromatic rings. The lowest BCUT2D eigenvalue weighted by molar-refractivity contribution is -0.143. The first-order valence-corrected chi connectivity index (χ1v) is 14.5. The zero-order valence-corrected chi connectivity index (χ0v) is 25.3. The van der Waals surface area contributed by atoms with Crippen molar-refractivity contribution in [3.8, 4) is 0 Å². The number of ether oxygens (including phenoxy) is 3. The number of nitrogens with two attached hydrogens (primary N) is 1. The van der Waals surface area contributed by atoms with E-state index in [2.05, 4.69) is 6.58 Å². The molecule has 45 heavy (non-hydrogen) atoms. The third-order valence-corrected chi connectivity index (χ3v) is 7.96. The summed E-state index contributed by atoms with van der Waals surface area (Å²) >= 11 is 0. The molecular weight excluding hydrogens is 608 g/mol. The summed E-state index contributed by atoms with van der Waals surface area (Å²) in [6.07, 6.45) is -3.94. The molecule has 3 atom stereocenters. The SMILES string of the molecule is C=C(/C=C\C=C/C)[C@]1(CO[C@H](C)c2cc(C(F)(F)F)cc(C(F)(F)F)c2)CC[C@H](COC(=O)N2CCOCC2)CN1CC(N)=O. The average Bonchev–Trinajstić information content (AvgIpc) is 2.98. The van der Waals surface area contributed by atoms with Gasteiger partial charge in [0.1, 0.15) is 0 Å². The number of nitrogens with zero attached hydrogens (tertiary/aromatic N) is 2. The maximum Gasteiger partial charge on any atom is 0.416 e. The van der Waals surface area contributed by atoms with Crippen molar-refractivity contribution < 1.29 is 50.1 Å². The van der Waals surface area contributed by atoms with Gasteiger partial charge in [-0.2, -0.15) is 26.3 Å².